The maximum absolute atomic E-state index is 11.7. The van der Waals surface area contributed by atoms with Crippen molar-refractivity contribution < 1.29 is 14.4 Å². The van der Waals surface area contributed by atoms with Gasteiger partial charge in [0, 0.05) is 29.5 Å². The van der Waals surface area contributed by atoms with E-state index in [0.717, 1.165) is 22.6 Å². The molecule has 3 heterocycles. The predicted molar refractivity (Wildman–Crippen MR) is 86.2 cm³/mol. The molecular formula is C16H17N3O3S. The number of nitrogens with zero attached hydrogens (tertiary/aromatic N) is 2. The van der Waals surface area contributed by atoms with Gasteiger partial charge in [-0.1, -0.05) is 0 Å². The van der Waals surface area contributed by atoms with Gasteiger partial charge in [-0.3, -0.25) is 19.3 Å². The van der Waals surface area contributed by atoms with Crippen LogP contribution in [0.4, 0.5) is 0 Å². The second kappa shape index (κ2) is 5.73. The minimum Gasteiger partial charge on any atom is -0.356 e. The van der Waals surface area contributed by atoms with E-state index in [-0.39, 0.29) is 37.0 Å². The molecule has 0 bridgehead atoms. The SMILES string of the molecule is CC(=O)c1c(C)[nH]c(-c2csc(CN3C(=O)CCC3=O)n2)c1C. The van der Waals surface area contributed by atoms with E-state index in [4.69, 9.17) is 0 Å². The molecule has 1 aliphatic heterocycles. The van der Waals surface area contributed by atoms with Crippen molar-refractivity contribution in [3.8, 4) is 11.4 Å². The second-order valence-electron chi connectivity index (χ2n) is 5.68. The van der Waals surface area contributed by atoms with Crippen LogP contribution in [0, 0.1) is 13.8 Å². The van der Waals surface area contributed by atoms with Crippen molar-refractivity contribution in [2.75, 3.05) is 0 Å². The van der Waals surface area contributed by atoms with Crippen LogP contribution in [0.2, 0.25) is 0 Å². The largest absolute Gasteiger partial charge is 0.356 e. The molecule has 0 saturated carbocycles. The van der Waals surface area contributed by atoms with Gasteiger partial charge in [0.1, 0.15) is 5.01 Å². The lowest BCUT2D eigenvalue weighted by molar-refractivity contribution is -0.139. The van der Waals surface area contributed by atoms with Crippen molar-refractivity contribution in [3.05, 3.63) is 27.2 Å². The summed E-state index contributed by atoms with van der Waals surface area (Å²) in [6, 6.07) is 0. The topological polar surface area (TPSA) is 83.1 Å². The van der Waals surface area contributed by atoms with Gasteiger partial charge in [-0.15, -0.1) is 11.3 Å². The number of carbonyl (C=O) groups excluding carboxylic acids is 3. The third kappa shape index (κ3) is 2.72. The molecule has 0 spiro atoms. The Morgan fingerprint density at radius 1 is 1.30 bits per heavy atom. The number of amides is 2. The fourth-order valence-corrected chi connectivity index (χ4v) is 3.74. The van der Waals surface area contributed by atoms with Crippen LogP contribution in [0.5, 0.6) is 0 Å². The highest BCUT2D eigenvalue weighted by atomic mass is 32.1. The zero-order valence-electron chi connectivity index (χ0n) is 13.2. The Balaban J connectivity index is 1.88. The Morgan fingerprint density at radius 3 is 2.52 bits per heavy atom. The minimum atomic E-state index is -0.141. The maximum atomic E-state index is 11.7. The molecule has 0 aliphatic carbocycles. The number of hydrogen-bond acceptors (Lipinski definition) is 5. The van der Waals surface area contributed by atoms with Gasteiger partial charge in [0.25, 0.3) is 0 Å². The van der Waals surface area contributed by atoms with Crippen LogP contribution in [0.1, 0.15) is 46.4 Å². The lowest BCUT2D eigenvalue weighted by Gasteiger charge is -2.10. The fraction of sp³-hybridized carbons (Fsp3) is 0.375. The van der Waals surface area contributed by atoms with Gasteiger partial charge in [-0.05, 0) is 26.3 Å². The van der Waals surface area contributed by atoms with E-state index in [1.165, 1.54) is 16.2 Å². The first-order valence-corrected chi connectivity index (χ1v) is 8.24. The number of ketones is 1. The van der Waals surface area contributed by atoms with E-state index >= 15 is 0 Å². The molecular weight excluding hydrogens is 314 g/mol. The zero-order chi connectivity index (χ0) is 16.7. The molecule has 7 heteroatoms. The van der Waals surface area contributed by atoms with Crippen molar-refractivity contribution in [1.82, 2.24) is 14.9 Å². The summed E-state index contributed by atoms with van der Waals surface area (Å²) in [5.74, 6) is -0.263. The molecule has 2 amide bonds. The number of carbonyl (C=O) groups is 3. The minimum absolute atomic E-state index is 0.0196. The van der Waals surface area contributed by atoms with Gasteiger partial charge in [0.15, 0.2) is 5.78 Å². The van der Waals surface area contributed by atoms with Gasteiger partial charge < -0.3 is 4.98 Å². The van der Waals surface area contributed by atoms with Crippen LogP contribution >= 0.6 is 11.3 Å². The van der Waals surface area contributed by atoms with E-state index in [9.17, 15) is 14.4 Å². The number of rotatable bonds is 4. The standard InChI is InChI=1S/C16H17N3O3S/c1-8-15(10(3)20)9(2)17-16(8)11-7-23-12(18-11)6-19-13(21)4-5-14(19)22/h7,17H,4-6H2,1-3H3. The van der Waals surface area contributed by atoms with Crippen LogP contribution < -0.4 is 0 Å². The summed E-state index contributed by atoms with van der Waals surface area (Å²) in [7, 11) is 0. The van der Waals surface area contributed by atoms with Crippen molar-refractivity contribution in [2.45, 2.75) is 40.2 Å². The van der Waals surface area contributed by atoms with Crippen molar-refractivity contribution >= 4 is 28.9 Å². The van der Waals surface area contributed by atoms with Crippen molar-refractivity contribution in [3.63, 3.8) is 0 Å². The number of imide groups is 1. The number of aromatic nitrogens is 2. The fourth-order valence-electron chi connectivity index (χ4n) is 2.97. The van der Waals surface area contributed by atoms with Gasteiger partial charge in [-0.2, -0.15) is 0 Å². The number of aryl methyl sites for hydroxylation is 1. The van der Waals surface area contributed by atoms with Crippen LogP contribution in [-0.4, -0.2) is 32.5 Å². The van der Waals surface area contributed by atoms with Crippen molar-refractivity contribution in [2.24, 2.45) is 0 Å². The summed E-state index contributed by atoms with van der Waals surface area (Å²) < 4.78 is 0. The Labute approximate surface area is 137 Å². The molecule has 0 radical (unpaired) electrons. The number of H-pyrrole nitrogens is 1. The molecule has 6 nitrogen and oxygen atoms in total. The average Bonchev–Trinajstić information content (AvgIpc) is 3.13. The number of thiazole rings is 1. The summed E-state index contributed by atoms with van der Waals surface area (Å²) in [5.41, 5.74) is 3.94. The first-order valence-electron chi connectivity index (χ1n) is 7.36. The summed E-state index contributed by atoms with van der Waals surface area (Å²) in [5, 5.41) is 2.59. The molecule has 120 valence electrons. The molecule has 1 aliphatic rings. The molecule has 23 heavy (non-hydrogen) atoms. The monoisotopic (exact) mass is 331 g/mol. The van der Waals surface area contributed by atoms with Gasteiger partial charge in [-0.25, -0.2) is 4.98 Å². The summed E-state index contributed by atoms with van der Waals surface area (Å²) in [6.45, 7) is 5.52. The first kappa shape index (κ1) is 15.6. The lowest BCUT2D eigenvalue weighted by atomic mass is 10.1. The number of Topliss-reactive ketones (excluding diaryl/α,β-unsaturated/α-hetero) is 1. The Bertz CT molecular complexity index is 803. The number of nitrogens with one attached hydrogen (secondary N) is 1. The van der Waals surface area contributed by atoms with Crippen LogP contribution in [-0.2, 0) is 16.1 Å². The van der Waals surface area contributed by atoms with Crippen LogP contribution in [0.3, 0.4) is 0 Å². The molecule has 2 aromatic heterocycles. The highest BCUT2D eigenvalue weighted by Gasteiger charge is 2.29. The average molecular weight is 331 g/mol. The van der Waals surface area contributed by atoms with Crippen LogP contribution in [0.25, 0.3) is 11.4 Å². The van der Waals surface area contributed by atoms with Crippen molar-refractivity contribution in [1.29, 1.82) is 0 Å². The number of likely N-dealkylation sites (tertiary alicyclic amines) is 1. The van der Waals surface area contributed by atoms with E-state index < -0.39 is 0 Å². The molecule has 0 unspecified atom stereocenters. The third-order valence-corrected chi connectivity index (χ3v) is 4.88. The maximum Gasteiger partial charge on any atom is 0.230 e. The number of aromatic amines is 1. The summed E-state index contributed by atoms with van der Waals surface area (Å²) >= 11 is 1.41. The quantitative estimate of drug-likeness (QED) is 0.689. The highest BCUT2D eigenvalue weighted by Crippen LogP contribution is 2.29. The predicted octanol–water partition coefficient (Wildman–Crippen LogP) is 2.61. The van der Waals surface area contributed by atoms with Gasteiger partial charge in [0.05, 0.1) is 17.9 Å². The molecule has 1 N–H and O–H groups in total. The van der Waals surface area contributed by atoms with Crippen LogP contribution in [0.15, 0.2) is 5.38 Å². The van der Waals surface area contributed by atoms with E-state index in [0.29, 0.717) is 10.6 Å². The molecule has 2 aromatic rings. The third-order valence-electron chi connectivity index (χ3n) is 4.05. The molecule has 0 atom stereocenters. The Kier molecular flexibility index (Phi) is 3.89. The van der Waals surface area contributed by atoms with Gasteiger partial charge >= 0.3 is 0 Å². The van der Waals surface area contributed by atoms with E-state index in [2.05, 4.69) is 9.97 Å². The molecule has 0 aromatic carbocycles. The normalized spacial score (nSPS) is 14.8. The Morgan fingerprint density at radius 2 is 1.96 bits per heavy atom. The first-order chi connectivity index (χ1) is 10.9. The summed E-state index contributed by atoms with van der Waals surface area (Å²) in [4.78, 5) is 44.1. The lowest BCUT2D eigenvalue weighted by Crippen LogP contribution is -2.28. The summed E-state index contributed by atoms with van der Waals surface area (Å²) in [6.07, 6.45) is 0.571. The second-order valence-corrected chi connectivity index (χ2v) is 6.62. The molecule has 1 fully saturated rings. The molecule has 1 saturated heterocycles. The van der Waals surface area contributed by atoms with Gasteiger partial charge in [0.2, 0.25) is 11.8 Å². The van der Waals surface area contributed by atoms with E-state index in [1.807, 2.05) is 19.2 Å². The number of hydrogen-bond donors (Lipinski definition) is 1. The Hall–Kier alpha value is -2.28. The molecule has 3 rings (SSSR count). The zero-order valence-corrected chi connectivity index (χ0v) is 14.0. The smallest absolute Gasteiger partial charge is 0.230 e. The highest BCUT2D eigenvalue weighted by molar-refractivity contribution is 7.09. The van der Waals surface area contributed by atoms with E-state index in [1.54, 1.807) is 6.92 Å².